The highest BCUT2D eigenvalue weighted by molar-refractivity contribution is 5.87. The Balaban J connectivity index is 1.40. The lowest BCUT2D eigenvalue weighted by molar-refractivity contribution is -0.136. The summed E-state index contributed by atoms with van der Waals surface area (Å²) in [6.45, 7) is 6.98. The molecule has 4 aliphatic rings. The van der Waals surface area contributed by atoms with Crippen molar-refractivity contribution in [3.63, 3.8) is 0 Å². The molecule has 3 fully saturated rings. The van der Waals surface area contributed by atoms with E-state index in [0.717, 1.165) is 50.8 Å². The van der Waals surface area contributed by atoms with Crippen LogP contribution < -0.4 is 4.90 Å². The van der Waals surface area contributed by atoms with Gasteiger partial charge in [0.2, 0.25) is 5.91 Å². The van der Waals surface area contributed by atoms with Crippen LogP contribution in [0.5, 0.6) is 0 Å². The van der Waals surface area contributed by atoms with E-state index in [0.29, 0.717) is 11.5 Å². The third-order valence-electron chi connectivity index (χ3n) is 6.57. The smallest absolute Gasteiger partial charge is 0.245 e. The third-order valence-corrected chi connectivity index (χ3v) is 6.57. The quantitative estimate of drug-likeness (QED) is 0.778. The highest BCUT2D eigenvalue weighted by Crippen LogP contribution is 2.54. The molecule has 1 spiro atoms. The molecule has 1 aromatic rings. The van der Waals surface area contributed by atoms with Crippen molar-refractivity contribution in [3.8, 4) is 6.07 Å². The molecule has 5 nitrogen and oxygen atoms in total. The van der Waals surface area contributed by atoms with E-state index < -0.39 is 0 Å². The van der Waals surface area contributed by atoms with Crippen LogP contribution in [0.25, 0.3) is 0 Å². The molecule has 1 amide bonds. The van der Waals surface area contributed by atoms with Crippen molar-refractivity contribution in [1.82, 2.24) is 9.88 Å². The molecule has 5 rings (SSSR count). The number of carbonyl (C=O) groups excluding carboxylic acids is 1. The molecule has 128 valence electrons. The van der Waals surface area contributed by atoms with Gasteiger partial charge in [0.05, 0.1) is 5.56 Å². The fraction of sp³-hybridized carbons (Fsp3) is 0.550. The minimum atomic E-state index is 0.0217. The molecule has 1 saturated carbocycles. The van der Waals surface area contributed by atoms with Crippen molar-refractivity contribution in [2.24, 2.45) is 11.3 Å². The zero-order valence-electron chi connectivity index (χ0n) is 14.4. The fourth-order valence-corrected chi connectivity index (χ4v) is 5.07. The molecule has 0 aromatic carbocycles. The highest BCUT2D eigenvalue weighted by atomic mass is 16.2. The molecular weight excluding hydrogens is 312 g/mol. The Morgan fingerprint density at radius 3 is 3.04 bits per heavy atom. The van der Waals surface area contributed by atoms with Crippen molar-refractivity contribution < 1.29 is 4.79 Å². The van der Waals surface area contributed by atoms with Gasteiger partial charge in [-0.05, 0) is 49.3 Å². The Morgan fingerprint density at radius 2 is 2.28 bits per heavy atom. The molecule has 0 radical (unpaired) electrons. The summed E-state index contributed by atoms with van der Waals surface area (Å²) in [6, 6.07) is 4.46. The minimum absolute atomic E-state index is 0.0217. The number of carbonyl (C=O) groups is 1. The topological polar surface area (TPSA) is 60.2 Å². The summed E-state index contributed by atoms with van der Waals surface area (Å²) in [7, 11) is 0. The second-order valence-electron chi connectivity index (χ2n) is 8.23. The Hall–Kier alpha value is -2.35. The number of likely N-dealkylation sites (tertiary alicyclic amines) is 1. The SMILES string of the molecule is C=CC(=O)N1CC2(CCN(c3nc4c(cc3C#N)CCC3CC43)C2)C1. The second-order valence-corrected chi connectivity index (χ2v) is 8.23. The molecule has 2 aliphatic carbocycles. The first-order chi connectivity index (χ1) is 12.1. The average molecular weight is 334 g/mol. The number of fused-ring (bicyclic) bond motifs is 3. The number of rotatable bonds is 2. The standard InChI is InChI=1S/C20H22N4O/c1-2-17(25)24-11-20(12-24)5-6-23(10-20)19-15(9-21)7-14-4-3-13-8-16(13)18(14)22-19/h2,7,13,16H,1,3-6,8,10-12H2. The van der Waals surface area contributed by atoms with E-state index in [9.17, 15) is 10.1 Å². The van der Waals surface area contributed by atoms with E-state index >= 15 is 0 Å². The molecule has 2 saturated heterocycles. The van der Waals surface area contributed by atoms with E-state index in [-0.39, 0.29) is 11.3 Å². The number of amides is 1. The summed E-state index contributed by atoms with van der Waals surface area (Å²) in [5, 5.41) is 9.62. The van der Waals surface area contributed by atoms with Crippen LogP contribution in [0.2, 0.25) is 0 Å². The van der Waals surface area contributed by atoms with Crippen molar-refractivity contribution in [2.45, 2.75) is 31.6 Å². The lowest BCUT2D eigenvalue weighted by Crippen LogP contribution is -2.59. The molecule has 3 heterocycles. The van der Waals surface area contributed by atoms with Gasteiger partial charge in [-0.15, -0.1) is 0 Å². The summed E-state index contributed by atoms with van der Waals surface area (Å²) < 4.78 is 0. The normalized spacial score (nSPS) is 28.0. The number of anilines is 1. The number of nitriles is 1. The van der Waals surface area contributed by atoms with Gasteiger partial charge >= 0.3 is 0 Å². The van der Waals surface area contributed by atoms with Crippen LogP contribution in [0.4, 0.5) is 5.82 Å². The van der Waals surface area contributed by atoms with Crippen molar-refractivity contribution in [3.05, 3.63) is 35.5 Å². The Bertz CT molecular complexity index is 818. The predicted molar refractivity (Wildman–Crippen MR) is 94.2 cm³/mol. The molecule has 0 bridgehead atoms. The lowest BCUT2D eigenvalue weighted by Gasteiger charge is -2.47. The van der Waals surface area contributed by atoms with Gasteiger partial charge < -0.3 is 9.80 Å². The van der Waals surface area contributed by atoms with Gasteiger partial charge in [-0.1, -0.05) is 6.58 Å². The Morgan fingerprint density at radius 1 is 1.44 bits per heavy atom. The summed E-state index contributed by atoms with van der Waals surface area (Å²) in [5.74, 6) is 2.36. The Labute approximate surface area is 147 Å². The molecule has 5 heteroatoms. The summed E-state index contributed by atoms with van der Waals surface area (Å²) in [6.07, 6.45) is 6.05. The van der Waals surface area contributed by atoms with E-state index in [1.165, 1.54) is 30.2 Å². The monoisotopic (exact) mass is 334 g/mol. The zero-order chi connectivity index (χ0) is 17.2. The van der Waals surface area contributed by atoms with Gasteiger partial charge in [0.1, 0.15) is 11.9 Å². The molecule has 2 aliphatic heterocycles. The van der Waals surface area contributed by atoms with Gasteiger partial charge in [-0.25, -0.2) is 4.98 Å². The predicted octanol–water partition coefficient (Wildman–Crippen LogP) is 2.23. The second kappa shape index (κ2) is 5.08. The summed E-state index contributed by atoms with van der Waals surface area (Å²) in [5.41, 5.74) is 3.43. The number of pyridine rings is 1. The largest absolute Gasteiger partial charge is 0.355 e. The minimum Gasteiger partial charge on any atom is -0.355 e. The summed E-state index contributed by atoms with van der Waals surface area (Å²) in [4.78, 5) is 20.9. The number of hydrogen-bond acceptors (Lipinski definition) is 4. The number of nitrogens with zero attached hydrogens (tertiary/aromatic N) is 4. The Kier molecular flexibility index (Phi) is 3.03. The number of hydrogen-bond donors (Lipinski definition) is 0. The van der Waals surface area contributed by atoms with Gasteiger partial charge in [0.15, 0.2) is 0 Å². The number of aryl methyl sites for hydroxylation is 1. The van der Waals surface area contributed by atoms with Crippen molar-refractivity contribution in [1.29, 1.82) is 5.26 Å². The average Bonchev–Trinajstić information content (AvgIpc) is 3.28. The van der Waals surface area contributed by atoms with Crippen molar-refractivity contribution >= 4 is 11.7 Å². The van der Waals surface area contributed by atoms with Crippen LogP contribution in [0, 0.1) is 22.7 Å². The molecule has 2 atom stereocenters. The van der Waals surface area contributed by atoms with E-state index in [2.05, 4.69) is 23.6 Å². The van der Waals surface area contributed by atoms with Gasteiger partial charge in [-0.3, -0.25) is 4.79 Å². The van der Waals surface area contributed by atoms with Crippen LogP contribution in [0.3, 0.4) is 0 Å². The first-order valence-electron chi connectivity index (χ1n) is 9.23. The fourth-order valence-electron chi connectivity index (χ4n) is 5.07. The molecule has 25 heavy (non-hydrogen) atoms. The number of aromatic nitrogens is 1. The lowest BCUT2D eigenvalue weighted by atomic mass is 9.79. The maximum Gasteiger partial charge on any atom is 0.245 e. The van der Waals surface area contributed by atoms with E-state index in [1.54, 1.807) is 0 Å². The van der Waals surface area contributed by atoms with Crippen LogP contribution in [0.1, 0.15) is 42.0 Å². The van der Waals surface area contributed by atoms with E-state index in [1.807, 2.05) is 4.90 Å². The van der Waals surface area contributed by atoms with Gasteiger partial charge in [0, 0.05) is 43.2 Å². The zero-order valence-corrected chi connectivity index (χ0v) is 14.4. The summed E-state index contributed by atoms with van der Waals surface area (Å²) >= 11 is 0. The maximum absolute atomic E-state index is 11.7. The van der Waals surface area contributed by atoms with Crippen LogP contribution in [-0.4, -0.2) is 42.0 Å². The van der Waals surface area contributed by atoms with Gasteiger partial charge in [0.25, 0.3) is 0 Å². The molecular formula is C20H22N4O. The third kappa shape index (κ3) is 2.20. The van der Waals surface area contributed by atoms with Crippen molar-refractivity contribution in [2.75, 3.05) is 31.1 Å². The van der Waals surface area contributed by atoms with Crippen LogP contribution in [0.15, 0.2) is 18.7 Å². The highest BCUT2D eigenvalue weighted by Gasteiger charge is 2.50. The molecule has 1 aromatic heterocycles. The van der Waals surface area contributed by atoms with E-state index in [4.69, 9.17) is 4.98 Å². The first-order valence-corrected chi connectivity index (χ1v) is 9.23. The first kappa shape index (κ1) is 14.9. The molecule has 0 N–H and O–H groups in total. The van der Waals surface area contributed by atoms with Crippen LogP contribution in [-0.2, 0) is 11.2 Å². The van der Waals surface area contributed by atoms with Crippen LogP contribution >= 0.6 is 0 Å². The maximum atomic E-state index is 11.7. The van der Waals surface area contributed by atoms with Gasteiger partial charge in [-0.2, -0.15) is 5.26 Å². The molecule has 2 unspecified atom stereocenters.